The van der Waals surface area contributed by atoms with Gasteiger partial charge in [0.15, 0.2) is 0 Å². The Kier molecular flexibility index (Phi) is 5.42. The zero-order valence-electron chi connectivity index (χ0n) is 11.4. The summed E-state index contributed by atoms with van der Waals surface area (Å²) >= 11 is 5.58. The molecule has 1 aromatic rings. The van der Waals surface area contributed by atoms with Crippen LogP contribution >= 0.6 is 11.6 Å². The molecule has 0 N–H and O–H groups in total. The molecule has 0 spiro atoms. The zero-order valence-corrected chi connectivity index (χ0v) is 13.8. The van der Waals surface area contributed by atoms with Gasteiger partial charge in [-0.1, -0.05) is 22.1 Å². The average Bonchev–Trinajstić information content (AvgIpc) is 2.28. The van der Waals surface area contributed by atoms with Crippen molar-refractivity contribution < 1.29 is 16.8 Å². The number of nitrogens with zero attached hydrogens (tertiary/aromatic N) is 2. The molecule has 0 aliphatic carbocycles. The molecule has 20 heavy (non-hydrogen) atoms. The van der Waals surface area contributed by atoms with Crippen molar-refractivity contribution in [3.8, 4) is 0 Å². The van der Waals surface area contributed by atoms with E-state index in [1.165, 1.54) is 0 Å². The number of anilines is 1. The average molecular weight is 341 g/mol. The summed E-state index contributed by atoms with van der Waals surface area (Å²) in [6, 6.07) is 6.49. The molecule has 9 heteroatoms. The van der Waals surface area contributed by atoms with Gasteiger partial charge in [0.1, 0.15) is 0 Å². The zero-order chi connectivity index (χ0) is 15.6. The Balaban J connectivity index is 3.42. The number of hydrazine groups is 1. The number of hydrogen-bond acceptors (Lipinski definition) is 4. The molecule has 1 rings (SSSR count). The number of alkyl halides is 1. The third-order valence-electron chi connectivity index (χ3n) is 2.43. The van der Waals surface area contributed by atoms with Crippen LogP contribution in [0.1, 0.15) is 5.56 Å². The van der Waals surface area contributed by atoms with Gasteiger partial charge in [-0.25, -0.2) is 16.8 Å². The first kappa shape index (κ1) is 17.2. The second kappa shape index (κ2) is 6.30. The van der Waals surface area contributed by atoms with Gasteiger partial charge in [-0.2, -0.15) is 4.41 Å². The van der Waals surface area contributed by atoms with Crippen molar-refractivity contribution in [1.29, 1.82) is 0 Å². The summed E-state index contributed by atoms with van der Waals surface area (Å²) in [5, 5.41) is 0. The molecular weight excluding hydrogens is 324 g/mol. The highest BCUT2D eigenvalue weighted by molar-refractivity contribution is 7.94. The number of aryl methyl sites for hydroxylation is 1. The highest BCUT2D eigenvalue weighted by Crippen LogP contribution is 2.22. The molecule has 0 aliphatic rings. The van der Waals surface area contributed by atoms with Gasteiger partial charge in [0, 0.05) is 12.4 Å². The third kappa shape index (κ3) is 4.34. The normalized spacial score (nSPS) is 12.7. The maximum atomic E-state index is 12.0. The quantitative estimate of drug-likeness (QED) is 0.575. The topological polar surface area (TPSA) is 74.8 Å². The Morgan fingerprint density at radius 2 is 1.50 bits per heavy atom. The van der Waals surface area contributed by atoms with Crippen LogP contribution in [0.4, 0.5) is 5.69 Å². The van der Waals surface area contributed by atoms with Crippen LogP contribution in [0.15, 0.2) is 24.3 Å². The van der Waals surface area contributed by atoms with E-state index in [-0.39, 0.29) is 18.1 Å². The van der Waals surface area contributed by atoms with Crippen molar-refractivity contribution in [3.63, 3.8) is 0 Å². The SMILES string of the molecule is Cc1ccc(N(N(CCCl)S(C)(=O)=O)S(C)(=O)=O)cc1. The highest BCUT2D eigenvalue weighted by Gasteiger charge is 2.31. The molecule has 0 radical (unpaired) electrons. The fourth-order valence-corrected chi connectivity index (χ4v) is 4.31. The summed E-state index contributed by atoms with van der Waals surface area (Å²) in [5.74, 6) is -0.0229. The molecule has 114 valence electrons. The van der Waals surface area contributed by atoms with E-state index in [1.807, 2.05) is 6.92 Å². The van der Waals surface area contributed by atoms with Gasteiger partial charge in [0.25, 0.3) is 0 Å². The summed E-state index contributed by atoms with van der Waals surface area (Å²) in [4.78, 5) is 0. The molecule has 0 saturated heterocycles. The molecule has 0 aliphatic heterocycles. The lowest BCUT2D eigenvalue weighted by Gasteiger charge is -2.32. The van der Waals surface area contributed by atoms with E-state index in [1.54, 1.807) is 24.3 Å². The van der Waals surface area contributed by atoms with E-state index in [0.717, 1.165) is 26.9 Å². The van der Waals surface area contributed by atoms with Gasteiger partial charge in [0.2, 0.25) is 20.0 Å². The van der Waals surface area contributed by atoms with E-state index < -0.39 is 20.0 Å². The van der Waals surface area contributed by atoms with Crippen LogP contribution in [-0.2, 0) is 20.0 Å². The first-order valence-corrected chi connectivity index (χ1v) is 9.91. The molecule has 0 unspecified atom stereocenters. The van der Waals surface area contributed by atoms with Crippen molar-refractivity contribution in [2.24, 2.45) is 0 Å². The molecule has 0 atom stereocenters. The van der Waals surface area contributed by atoms with Gasteiger partial charge in [-0.05, 0) is 19.1 Å². The maximum absolute atomic E-state index is 12.0. The number of benzene rings is 1. The maximum Gasteiger partial charge on any atom is 0.246 e. The van der Waals surface area contributed by atoms with Crippen LogP contribution in [0.2, 0.25) is 0 Å². The molecule has 1 aromatic carbocycles. The van der Waals surface area contributed by atoms with Gasteiger partial charge in [0.05, 0.1) is 18.2 Å². The molecule has 6 nitrogen and oxygen atoms in total. The standard InChI is InChI=1S/C11H17ClN2O4S2/c1-10-4-6-11(7-5-10)14(20(3,17)18)13(9-8-12)19(2,15)16/h4-7H,8-9H2,1-3H3. The van der Waals surface area contributed by atoms with E-state index in [4.69, 9.17) is 11.6 Å². The molecule has 0 bridgehead atoms. The smallest absolute Gasteiger partial charge is 0.211 e. The van der Waals surface area contributed by atoms with E-state index >= 15 is 0 Å². The Bertz CT molecular complexity index is 656. The number of sulfonamides is 2. The van der Waals surface area contributed by atoms with E-state index in [9.17, 15) is 16.8 Å². The van der Waals surface area contributed by atoms with Crippen LogP contribution in [0, 0.1) is 6.92 Å². The Morgan fingerprint density at radius 3 is 1.85 bits per heavy atom. The molecular formula is C11H17ClN2O4S2. The highest BCUT2D eigenvalue weighted by atomic mass is 35.5. The molecule has 0 heterocycles. The number of rotatable bonds is 6. The summed E-state index contributed by atoms with van der Waals surface area (Å²) in [5.41, 5.74) is 1.18. The summed E-state index contributed by atoms with van der Waals surface area (Å²) < 4.78 is 49.0. The second-order valence-corrected chi connectivity index (χ2v) is 8.42. The molecule has 0 fully saturated rings. The fraction of sp³-hybridized carbons (Fsp3) is 0.455. The summed E-state index contributed by atoms with van der Waals surface area (Å²) in [7, 11) is -7.59. The van der Waals surface area contributed by atoms with E-state index in [0.29, 0.717) is 0 Å². The van der Waals surface area contributed by atoms with Crippen molar-refractivity contribution >= 4 is 37.3 Å². The van der Waals surface area contributed by atoms with Crippen LogP contribution in [0.5, 0.6) is 0 Å². The molecule has 0 saturated carbocycles. The Morgan fingerprint density at radius 1 is 1.00 bits per heavy atom. The Hall–Kier alpha value is -0.830. The van der Waals surface area contributed by atoms with E-state index in [2.05, 4.69) is 0 Å². The largest absolute Gasteiger partial charge is 0.246 e. The van der Waals surface area contributed by atoms with Gasteiger partial charge in [-0.3, -0.25) is 0 Å². The van der Waals surface area contributed by atoms with Crippen LogP contribution in [0.3, 0.4) is 0 Å². The Labute approximate surface area is 125 Å². The third-order valence-corrected chi connectivity index (χ3v) is 4.85. The lowest BCUT2D eigenvalue weighted by molar-refractivity contribution is 0.444. The van der Waals surface area contributed by atoms with Crippen molar-refractivity contribution in [3.05, 3.63) is 29.8 Å². The second-order valence-electron chi connectivity index (χ2n) is 4.34. The number of halogens is 1. The minimum atomic E-state index is -3.81. The van der Waals surface area contributed by atoms with Gasteiger partial charge in [-0.15, -0.1) is 11.6 Å². The molecule has 0 amide bonds. The predicted molar refractivity (Wildman–Crippen MR) is 80.8 cm³/mol. The van der Waals surface area contributed by atoms with Crippen LogP contribution in [0.25, 0.3) is 0 Å². The predicted octanol–water partition coefficient (Wildman–Crippen LogP) is 1.18. The minimum Gasteiger partial charge on any atom is -0.211 e. The first-order valence-electron chi connectivity index (χ1n) is 5.68. The minimum absolute atomic E-state index is 0.0229. The first-order chi connectivity index (χ1) is 9.07. The summed E-state index contributed by atoms with van der Waals surface area (Å²) in [6.45, 7) is 1.71. The van der Waals surface area contributed by atoms with Gasteiger partial charge < -0.3 is 0 Å². The lowest BCUT2D eigenvalue weighted by Crippen LogP contribution is -2.50. The van der Waals surface area contributed by atoms with Crippen molar-refractivity contribution in [2.75, 3.05) is 29.4 Å². The van der Waals surface area contributed by atoms with Gasteiger partial charge >= 0.3 is 0 Å². The van der Waals surface area contributed by atoms with Crippen LogP contribution < -0.4 is 4.41 Å². The summed E-state index contributed by atoms with van der Waals surface area (Å²) in [6.07, 6.45) is 1.88. The fourth-order valence-electron chi connectivity index (χ4n) is 1.62. The number of hydrogen-bond donors (Lipinski definition) is 0. The molecule has 0 aromatic heterocycles. The lowest BCUT2D eigenvalue weighted by atomic mass is 10.2. The van der Waals surface area contributed by atoms with Crippen molar-refractivity contribution in [2.45, 2.75) is 6.92 Å². The van der Waals surface area contributed by atoms with Crippen LogP contribution in [-0.4, -0.2) is 46.2 Å². The monoisotopic (exact) mass is 340 g/mol. The van der Waals surface area contributed by atoms with Crippen molar-refractivity contribution in [1.82, 2.24) is 4.41 Å².